The van der Waals surface area contributed by atoms with Gasteiger partial charge in [-0.2, -0.15) is 0 Å². The number of fused-ring (bicyclic) bond motifs is 1. The topological polar surface area (TPSA) is 50.4 Å². The molecule has 2 aliphatic rings. The zero-order chi connectivity index (χ0) is 16.8. The van der Waals surface area contributed by atoms with Crippen LogP contribution in [0.1, 0.15) is 58.9 Å². The number of ketones is 1. The van der Waals surface area contributed by atoms with E-state index in [1.54, 1.807) is 12.5 Å². The van der Waals surface area contributed by atoms with Gasteiger partial charge in [0.15, 0.2) is 5.78 Å². The predicted octanol–water partition coefficient (Wildman–Crippen LogP) is 4.30. The summed E-state index contributed by atoms with van der Waals surface area (Å²) in [5.41, 5.74) is 3.12. The number of furan rings is 1. The second-order valence-electron chi connectivity index (χ2n) is 8.28. The maximum atomic E-state index is 12.7. The van der Waals surface area contributed by atoms with E-state index in [4.69, 9.17) is 4.42 Å². The minimum Gasteiger partial charge on any atom is -0.472 e. The summed E-state index contributed by atoms with van der Waals surface area (Å²) in [6.07, 6.45) is 7.66. The standard InChI is InChI=1S/C20H28O3/c1-13-15(7-6-14-8-11-23-12-14)20(4)10-5-9-19(2,3)18(20)17(22)16(13)21/h8,11-12,17-18,22H,5-7,9-10H2,1-4H3/t17?,18-,20+/m0/s1. The summed E-state index contributed by atoms with van der Waals surface area (Å²) in [4.78, 5) is 12.7. The molecule has 1 heterocycles. The van der Waals surface area contributed by atoms with Crippen molar-refractivity contribution in [1.29, 1.82) is 0 Å². The Bertz CT molecular complexity index is 623. The summed E-state index contributed by atoms with van der Waals surface area (Å²) in [6.45, 7) is 8.58. The van der Waals surface area contributed by atoms with Crippen molar-refractivity contribution in [3.63, 3.8) is 0 Å². The quantitative estimate of drug-likeness (QED) is 0.904. The fraction of sp³-hybridized carbons (Fsp3) is 0.650. The molecule has 126 valence electrons. The van der Waals surface area contributed by atoms with Gasteiger partial charge in [-0.3, -0.25) is 4.79 Å². The number of aliphatic hydroxyl groups is 1. The van der Waals surface area contributed by atoms with E-state index in [1.165, 1.54) is 11.1 Å². The lowest BCUT2D eigenvalue weighted by Crippen LogP contribution is -2.55. The molecular formula is C20H28O3. The number of carbonyl (C=O) groups excluding carboxylic acids is 1. The van der Waals surface area contributed by atoms with E-state index in [-0.39, 0.29) is 22.5 Å². The molecule has 0 amide bonds. The Balaban J connectivity index is 1.99. The molecule has 1 unspecified atom stereocenters. The molecule has 0 bridgehead atoms. The van der Waals surface area contributed by atoms with Gasteiger partial charge in [0.2, 0.25) is 0 Å². The molecule has 0 spiro atoms. The van der Waals surface area contributed by atoms with E-state index in [0.717, 1.165) is 37.7 Å². The summed E-state index contributed by atoms with van der Waals surface area (Å²) in [5.74, 6) is -0.0519. The zero-order valence-electron chi connectivity index (χ0n) is 14.7. The lowest BCUT2D eigenvalue weighted by molar-refractivity contribution is -0.140. The molecule has 23 heavy (non-hydrogen) atoms. The Hall–Kier alpha value is -1.35. The van der Waals surface area contributed by atoms with Gasteiger partial charge in [-0.05, 0) is 60.6 Å². The van der Waals surface area contributed by atoms with Crippen LogP contribution in [0.5, 0.6) is 0 Å². The van der Waals surface area contributed by atoms with Gasteiger partial charge in [-0.15, -0.1) is 0 Å². The largest absolute Gasteiger partial charge is 0.472 e. The third-order valence-corrected chi connectivity index (χ3v) is 6.39. The van der Waals surface area contributed by atoms with Crippen molar-refractivity contribution in [1.82, 2.24) is 0 Å². The number of hydrogen-bond donors (Lipinski definition) is 1. The number of carbonyl (C=O) groups is 1. The van der Waals surface area contributed by atoms with E-state index < -0.39 is 6.10 Å². The van der Waals surface area contributed by atoms with Crippen LogP contribution in [0.25, 0.3) is 0 Å². The van der Waals surface area contributed by atoms with Crippen LogP contribution in [0.2, 0.25) is 0 Å². The van der Waals surface area contributed by atoms with Crippen molar-refractivity contribution in [2.24, 2.45) is 16.7 Å². The highest BCUT2D eigenvalue weighted by Crippen LogP contribution is 2.59. The Morgan fingerprint density at radius 1 is 1.26 bits per heavy atom. The predicted molar refractivity (Wildman–Crippen MR) is 90.0 cm³/mol. The molecule has 3 heteroatoms. The molecule has 3 nitrogen and oxygen atoms in total. The molecule has 3 atom stereocenters. The number of aliphatic hydroxyl groups excluding tert-OH is 1. The third-order valence-electron chi connectivity index (χ3n) is 6.39. The molecule has 1 aromatic rings. The Morgan fingerprint density at radius 3 is 2.65 bits per heavy atom. The molecule has 3 rings (SSSR count). The Kier molecular flexibility index (Phi) is 4.04. The van der Waals surface area contributed by atoms with Crippen molar-refractivity contribution in [2.75, 3.05) is 0 Å². The fourth-order valence-electron chi connectivity index (χ4n) is 5.33. The molecule has 1 aromatic heterocycles. The van der Waals surface area contributed by atoms with Gasteiger partial charge in [-0.25, -0.2) is 0 Å². The first-order valence-electron chi connectivity index (χ1n) is 8.71. The first-order chi connectivity index (χ1) is 10.8. The maximum absolute atomic E-state index is 12.7. The van der Waals surface area contributed by atoms with Gasteiger partial charge in [-0.1, -0.05) is 32.8 Å². The highest BCUT2D eigenvalue weighted by atomic mass is 16.3. The smallest absolute Gasteiger partial charge is 0.187 e. The van der Waals surface area contributed by atoms with Crippen LogP contribution in [0.3, 0.4) is 0 Å². The number of rotatable bonds is 3. The molecule has 0 saturated heterocycles. The van der Waals surface area contributed by atoms with Crippen molar-refractivity contribution in [2.45, 2.75) is 65.9 Å². The SMILES string of the molecule is CC1=C(CCc2ccoc2)[C@@]2(C)CCCC(C)(C)[C@@H]2C(O)C1=O. The molecule has 1 N–H and O–H groups in total. The molecule has 1 saturated carbocycles. The Morgan fingerprint density at radius 2 is 2.00 bits per heavy atom. The average Bonchev–Trinajstić information content (AvgIpc) is 2.97. The number of Topliss-reactive ketones (excluding diaryl/α,β-unsaturated/α-hetero) is 1. The first-order valence-corrected chi connectivity index (χ1v) is 8.71. The normalized spacial score (nSPS) is 33.7. The van der Waals surface area contributed by atoms with E-state index in [1.807, 2.05) is 13.0 Å². The van der Waals surface area contributed by atoms with Crippen LogP contribution in [-0.2, 0) is 11.2 Å². The van der Waals surface area contributed by atoms with Crippen LogP contribution in [0.4, 0.5) is 0 Å². The number of hydrogen-bond acceptors (Lipinski definition) is 3. The van der Waals surface area contributed by atoms with Crippen LogP contribution < -0.4 is 0 Å². The first kappa shape index (κ1) is 16.5. The van der Waals surface area contributed by atoms with E-state index in [9.17, 15) is 9.90 Å². The summed E-state index contributed by atoms with van der Waals surface area (Å²) >= 11 is 0. The van der Waals surface area contributed by atoms with Gasteiger partial charge < -0.3 is 9.52 Å². The number of aryl methyl sites for hydroxylation is 1. The Labute approximate surface area is 138 Å². The van der Waals surface area contributed by atoms with Crippen LogP contribution in [-0.4, -0.2) is 17.0 Å². The maximum Gasteiger partial charge on any atom is 0.187 e. The lowest BCUT2D eigenvalue weighted by Gasteiger charge is -2.56. The molecular weight excluding hydrogens is 288 g/mol. The summed E-state index contributed by atoms with van der Waals surface area (Å²) < 4.78 is 5.16. The van der Waals surface area contributed by atoms with Crippen molar-refractivity contribution in [3.05, 3.63) is 35.3 Å². The van der Waals surface area contributed by atoms with Crippen LogP contribution >= 0.6 is 0 Å². The molecule has 0 radical (unpaired) electrons. The van der Waals surface area contributed by atoms with Crippen molar-refractivity contribution >= 4 is 5.78 Å². The van der Waals surface area contributed by atoms with Gasteiger partial charge in [0.1, 0.15) is 6.10 Å². The second-order valence-corrected chi connectivity index (χ2v) is 8.28. The monoisotopic (exact) mass is 316 g/mol. The van der Waals surface area contributed by atoms with Gasteiger partial charge in [0.25, 0.3) is 0 Å². The number of allylic oxidation sites excluding steroid dienone is 1. The zero-order valence-corrected chi connectivity index (χ0v) is 14.7. The third kappa shape index (κ3) is 2.59. The van der Waals surface area contributed by atoms with E-state index in [2.05, 4.69) is 20.8 Å². The summed E-state index contributed by atoms with van der Waals surface area (Å²) in [6, 6.07) is 1.99. The molecule has 0 aromatic carbocycles. The molecule has 1 fully saturated rings. The lowest BCUT2D eigenvalue weighted by atomic mass is 9.48. The highest BCUT2D eigenvalue weighted by Gasteiger charge is 2.56. The van der Waals surface area contributed by atoms with Crippen molar-refractivity contribution in [3.8, 4) is 0 Å². The second kappa shape index (κ2) is 5.62. The van der Waals surface area contributed by atoms with Crippen LogP contribution in [0.15, 0.2) is 34.2 Å². The van der Waals surface area contributed by atoms with Gasteiger partial charge in [0, 0.05) is 5.92 Å². The van der Waals surface area contributed by atoms with E-state index in [0.29, 0.717) is 0 Å². The van der Waals surface area contributed by atoms with Gasteiger partial charge in [0.05, 0.1) is 12.5 Å². The average molecular weight is 316 g/mol. The van der Waals surface area contributed by atoms with E-state index >= 15 is 0 Å². The van der Waals surface area contributed by atoms with Gasteiger partial charge >= 0.3 is 0 Å². The minimum atomic E-state index is -0.854. The molecule has 0 aliphatic heterocycles. The van der Waals surface area contributed by atoms with Crippen molar-refractivity contribution < 1.29 is 14.3 Å². The molecule has 2 aliphatic carbocycles. The van der Waals surface area contributed by atoms with Crippen LogP contribution in [0, 0.1) is 16.7 Å². The fourth-order valence-corrected chi connectivity index (χ4v) is 5.33. The summed E-state index contributed by atoms with van der Waals surface area (Å²) in [5, 5.41) is 10.7. The highest BCUT2D eigenvalue weighted by molar-refractivity contribution is 6.00. The minimum absolute atomic E-state index is 0.0103. The summed E-state index contributed by atoms with van der Waals surface area (Å²) in [7, 11) is 0.